The molecule has 0 unspecified atom stereocenters. The summed E-state index contributed by atoms with van der Waals surface area (Å²) in [4.78, 5) is 4.41. The Morgan fingerprint density at radius 1 is 1.12 bits per heavy atom. The van der Waals surface area contributed by atoms with Crippen LogP contribution in [0, 0.1) is 0 Å². The maximum Gasteiger partial charge on any atom is 0.228 e. The minimum absolute atomic E-state index is 0.536. The van der Waals surface area contributed by atoms with Crippen LogP contribution in [-0.2, 0) is 0 Å². The second kappa shape index (κ2) is 4.21. The van der Waals surface area contributed by atoms with E-state index in [1.807, 2.05) is 30.3 Å². The van der Waals surface area contributed by atoms with Crippen molar-refractivity contribution in [1.29, 1.82) is 0 Å². The fourth-order valence-corrected chi connectivity index (χ4v) is 2.27. The maximum absolute atomic E-state index is 6.19. The summed E-state index contributed by atoms with van der Waals surface area (Å²) in [6, 6.07) is 7.63. The Bertz CT molecular complexity index is 607. The van der Waals surface area contributed by atoms with Gasteiger partial charge in [0.15, 0.2) is 5.58 Å². The lowest BCUT2D eigenvalue weighted by Crippen LogP contribution is -1.92. The van der Waals surface area contributed by atoms with E-state index in [9.17, 15) is 0 Å². The highest BCUT2D eigenvalue weighted by molar-refractivity contribution is 6.35. The zero-order chi connectivity index (χ0) is 11.8. The monoisotopic (exact) mass is 265 g/mol. The summed E-state index contributed by atoms with van der Waals surface area (Å²) in [5.74, 6) is 0.536. The van der Waals surface area contributed by atoms with Crippen LogP contribution >= 0.6 is 23.2 Å². The van der Waals surface area contributed by atoms with E-state index in [1.54, 1.807) is 0 Å². The Morgan fingerprint density at radius 2 is 1.94 bits per heavy atom. The predicted molar refractivity (Wildman–Crippen MR) is 70.0 cm³/mol. The smallest absolute Gasteiger partial charge is 0.228 e. The molecule has 2 nitrogen and oxygen atoms in total. The molecule has 4 heteroatoms. The molecule has 1 aliphatic rings. The number of oxazole rings is 1. The molecule has 1 aromatic heterocycles. The molecule has 0 atom stereocenters. The van der Waals surface area contributed by atoms with Gasteiger partial charge >= 0.3 is 0 Å². The van der Waals surface area contributed by atoms with E-state index >= 15 is 0 Å². The number of nitrogens with zero attached hydrogens (tertiary/aromatic N) is 1. The maximum atomic E-state index is 6.19. The van der Waals surface area contributed by atoms with Gasteiger partial charge in [0.25, 0.3) is 0 Å². The molecule has 0 bridgehead atoms. The average Bonchev–Trinajstić information content (AvgIpc) is 2.75. The van der Waals surface area contributed by atoms with Gasteiger partial charge in [-0.1, -0.05) is 35.3 Å². The minimum atomic E-state index is 0.536. The molecule has 0 saturated heterocycles. The van der Waals surface area contributed by atoms with E-state index in [2.05, 4.69) is 4.98 Å². The number of hydrogen-bond acceptors (Lipinski definition) is 2. The molecule has 86 valence electrons. The second-order valence-corrected chi connectivity index (χ2v) is 4.84. The summed E-state index contributed by atoms with van der Waals surface area (Å²) in [6.45, 7) is 0. The lowest BCUT2D eigenvalue weighted by atomic mass is 10.1. The Kier molecular flexibility index (Phi) is 2.69. The van der Waals surface area contributed by atoms with E-state index < -0.39 is 0 Å². The average molecular weight is 266 g/mol. The van der Waals surface area contributed by atoms with Crippen molar-refractivity contribution in [3.8, 4) is 0 Å². The molecule has 1 aromatic carbocycles. The predicted octanol–water partition coefficient (Wildman–Crippen LogP) is 4.69. The van der Waals surface area contributed by atoms with Crippen LogP contribution in [0.15, 0.2) is 44.8 Å². The number of aromatic nitrogens is 1. The van der Waals surface area contributed by atoms with Gasteiger partial charge in [0.2, 0.25) is 5.89 Å². The highest BCUT2D eigenvalue weighted by atomic mass is 35.5. The number of rotatable bonds is 1. The van der Waals surface area contributed by atoms with Gasteiger partial charge in [-0.25, -0.2) is 4.98 Å². The summed E-state index contributed by atoms with van der Waals surface area (Å²) in [5.41, 5.74) is 2.38. The highest BCUT2D eigenvalue weighted by Gasteiger charge is 2.17. The normalized spacial score (nSPS) is 16.5. The molecule has 2 aromatic rings. The largest absolute Gasteiger partial charge is 0.436 e. The van der Waals surface area contributed by atoms with E-state index in [-0.39, 0.29) is 0 Å². The van der Waals surface area contributed by atoms with Crippen LogP contribution in [0.4, 0.5) is 0 Å². The Balaban J connectivity index is 2.15. The number of hydrogen-bond donors (Lipinski definition) is 0. The minimum Gasteiger partial charge on any atom is -0.436 e. The summed E-state index contributed by atoms with van der Waals surface area (Å²) < 4.78 is 5.67. The van der Waals surface area contributed by atoms with Crippen molar-refractivity contribution in [2.45, 2.75) is 12.8 Å². The first kappa shape index (κ1) is 10.9. The zero-order valence-electron chi connectivity index (χ0n) is 8.91. The molecule has 0 saturated carbocycles. The van der Waals surface area contributed by atoms with E-state index in [1.165, 1.54) is 0 Å². The van der Waals surface area contributed by atoms with Crippen molar-refractivity contribution in [2.75, 3.05) is 0 Å². The van der Waals surface area contributed by atoms with Gasteiger partial charge in [-0.05, 0) is 31.1 Å². The quantitative estimate of drug-likeness (QED) is 0.748. The van der Waals surface area contributed by atoms with Crippen LogP contribution in [0.1, 0.15) is 18.7 Å². The molecular weight excluding hydrogens is 257 g/mol. The van der Waals surface area contributed by atoms with Gasteiger partial charge in [-0.3, -0.25) is 0 Å². The second-order valence-electron chi connectivity index (χ2n) is 3.90. The molecule has 0 fully saturated rings. The van der Waals surface area contributed by atoms with Gasteiger partial charge < -0.3 is 4.42 Å². The Morgan fingerprint density at radius 3 is 2.76 bits per heavy atom. The van der Waals surface area contributed by atoms with Crippen molar-refractivity contribution in [2.24, 2.45) is 0 Å². The lowest BCUT2D eigenvalue weighted by molar-refractivity contribution is 0.584. The van der Waals surface area contributed by atoms with Crippen molar-refractivity contribution >= 4 is 39.9 Å². The Labute approximate surface area is 109 Å². The standard InChI is InChI=1S/C13H9Cl2NO/c14-8-5-6-10(15)9(7-8)13-16-11-3-1-2-4-12(11)17-13/h1-4,7H,5-6H2. The molecule has 0 radical (unpaired) electrons. The first-order valence-electron chi connectivity index (χ1n) is 5.35. The number of halogens is 2. The van der Waals surface area contributed by atoms with Gasteiger partial charge in [-0.2, -0.15) is 0 Å². The van der Waals surface area contributed by atoms with Crippen molar-refractivity contribution in [1.82, 2.24) is 4.98 Å². The molecule has 0 amide bonds. The van der Waals surface area contributed by atoms with Crippen LogP contribution in [0.2, 0.25) is 0 Å². The van der Waals surface area contributed by atoms with E-state index in [0.29, 0.717) is 5.89 Å². The molecule has 0 N–H and O–H groups in total. The van der Waals surface area contributed by atoms with Gasteiger partial charge in [-0.15, -0.1) is 0 Å². The fraction of sp³-hybridized carbons (Fsp3) is 0.154. The molecule has 17 heavy (non-hydrogen) atoms. The van der Waals surface area contributed by atoms with Gasteiger partial charge in [0, 0.05) is 10.1 Å². The van der Waals surface area contributed by atoms with Crippen molar-refractivity contribution < 1.29 is 4.42 Å². The van der Waals surface area contributed by atoms with Crippen molar-refractivity contribution in [3.05, 3.63) is 46.3 Å². The number of allylic oxidation sites excluding steroid dienone is 4. The third-order valence-corrected chi connectivity index (χ3v) is 3.39. The summed E-state index contributed by atoms with van der Waals surface area (Å²) in [6.07, 6.45) is 3.35. The number of para-hydroxylation sites is 2. The van der Waals surface area contributed by atoms with Crippen LogP contribution in [-0.4, -0.2) is 4.98 Å². The molecule has 1 aliphatic carbocycles. The number of benzene rings is 1. The Hall–Kier alpha value is -1.25. The molecule has 0 spiro atoms. The summed E-state index contributed by atoms with van der Waals surface area (Å²) >= 11 is 12.2. The molecule has 3 rings (SSSR count). The van der Waals surface area contributed by atoms with Crippen LogP contribution in [0.5, 0.6) is 0 Å². The highest BCUT2D eigenvalue weighted by Crippen LogP contribution is 2.35. The van der Waals surface area contributed by atoms with Gasteiger partial charge in [0.1, 0.15) is 5.52 Å². The molecule has 0 aliphatic heterocycles. The van der Waals surface area contributed by atoms with Crippen molar-refractivity contribution in [3.63, 3.8) is 0 Å². The summed E-state index contributed by atoms with van der Waals surface area (Å²) in [7, 11) is 0. The third-order valence-electron chi connectivity index (χ3n) is 2.70. The van der Waals surface area contributed by atoms with Gasteiger partial charge in [0.05, 0.1) is 5.57 Å². The first-order valence-corrected chi connectivity index (χ1v) is 6.10. The van der Waals surface area contributed by atoms with Crippen LogP contribution in [0.25, 0.3) is 16.7 Å². The van der Waals surface area contributed by atoms with Crippen LogP contribution in [0.3, 0.4) is 0 Å². The molecule has 1 heterocycles. The van der Waals surface area contributed by atoms with Crippen LogP contribution < -0.4 is 0 Å². The zero-order valence-corrected chi connectivity index (χ0v) is 10.4. The van der Waals surface area contributed by atoms with E-state index in [0.717, 1.165) is 39.6 Å². The summed E-state index contributed by atoms with van der Waals surface area (Å²) in [5, 5.41) is 1.53. The molecular formula is C13H9Cl2NO. The first-order chi connectivity index (χ1) is 8.24. The third kappa shape index (κ3) is 1.99. The SMILES string of the molecule is ClC1=CC(c2nc3ccccc3o2)=C(Cl)CC1. The lowest BCUT2D eigenvalue weighted by Gasteiger charge is -2.09. The topological polar surface area (TPSA) is 26.0 Å². The number of fused-ring (bicyclic) bond motifs is 1. The van der Waals surface area contributed by atoms with E-state index in [4.69, 9.17) is 27.6 Å². The fourth-order valence-electron chi connectivity index (χ4n) is 1.84.